The Balaban J connectivity index is 2.40. The number of hydrogen-bond acceptors (Lipinski definition) is 3. The minimum Gasteiger partial charge on any atom is -0.392 e. The molecule has 0 aromatic carbocycles. The average Bonchev–Trinajstić information content (AvgIpc) is 1.88. The standard InChI is InChI=1S/C6H13O3P/c7-5-3-1-2-4-6(5)10(8)9/h5-9H,1-4H2. The molecule has 3 nitrogen and oxygen atoms in total. The molecular formula is C6H13O3P. The fourth-order valence-electron chi connectivity index (χ4n) is 1.36. The first-order valence-corrected chi connectivity index (χ1v) is 4.88. The second-order valence-corrected chi connectivity index (χ2v) is 4.04. The van der Waals surface area contributed by atoms with Crippen molar-refractivity contribution < 1.29 is 14.9 Å². The maximum absolute atomic E-state index is 9.24. The summed E-state index contributed by atoms with van der Waals surface area (Å²) in [5.74, 6) is 0. The van der Waals surface area contributed by atoms with E-state index >= 15 is 0 Å². The zero-order chi connectivity index (χ0) is 7.56. The van der Waals surface area contributed by atoms with Gasteiger partial charge in [-0.3, -0.25) is 0 Å². The highest BCUT2D eigenvalue weighted by molar-refractivity contribution is 7.46. The molecule has 0 aromatic heterocycles. The van der Waals surface area contributed by atoms with Gasteiger partial charge in [-0.2, -0.15) is 0 Å². The third-order valence-electron chi connectivity index (χ3n) is 1.99. The van der Waals surface area contributed by atoms with Crippen LogP contribution in [0.25, 0.3) is 0 Å². The molecule has 0 aliphatic heterocycles. The van der Waals surface area contributed by atoms with Crippen LogP contribution in [0.5, 0.6) is 0 Å². The minimum atomic E-state index is -1.91. The van der Waals surface area contributed by atoms with Gasteiger partial charge in [0.2, 0.25) is 0 Å². The Labute approximate surface area is 61.6 Å². The molecule has 0 amide bonds. The second kappa shape index (κ2) is 3.63. The van der Waals surface area contributed by atoms with Gasteiger partial charge in [0, 0.05) is 0 Å². The average molecular weight is 164 g/mol. The van der Waals surface area contributed by atoms with Gasteiger partial charge in [-0.15, -0.1) is 0 Å². The molecule has 0 heterocycles. The van der Waals surface area contributed by atoms with E-state index in [1.54, 1.807) is 0 Å². The summed E-state index contributed by atoms with van der Waals surface area (Å²) >= 11 is 0. The van der Waals surface area contributed by atoms with Crippen LogP contribution in [0, 0.1) is 0 Å². The van der Waals surface area contributed by atoms with E-state index in [0.29, 0.717) is 0 Å². The topological polar surface area (TPSA) is 60.7 Å². The number of aliphatic hydroxyl groups is 1. The van der Waals surface area contributed by atoms with E-state index in [2.05, 4.69) is 0 Å². The summed E-state index contributed by atoms with van der Waals surface area (Å²) in [7, 11) is -1.91. The number of rotatable bonds is 1. The molecule has 0 spiro atoms. The van der Waals surface area contributed by atoms with E-state index < -0.39 is 14.5 Å². The molecule has 4 heteroatoms. The molecule has 1 aliphatic rings. The molecule has 10 heavy (non-hydrogen) atoms. The SMILES string of the molecule is OC1CCCCC1P(O)O. The molecule has 60 valence electrons. The third kappa shape index (κ3) is 1.89. The first-order chi connectivity index (χ1) is 4.72. The monoisotopic (exact) mass is 164 g/mol. The third-order valence-corrected chi connectivity index (χ3v) is 3.19. The largest absolute Gasteiger partial charge is 0.392 e. The summed E-state index contributed by atoms with van der Waals surface area (Å²) in [5.41, 5.74) is -0.247. The quantitative estimate of drug-likeness (QED) is 0.497. The summed E-state index contributed by atoms with van der Waals surface area (Å²) in [4.78, 5) is 17.6. The van der Waals surface area contributed by atoms with Crippen LogP contribution in [0.2, 0.25) is 0 Å². The molecule has 1 saturated carbocycles. The summed E-state index contributed by atoms with van der Waals surface area (Å²) in [5, 5.41) is 9.24. The van der Waals surface area contributed by atoms with Crippen LogP contribution >= 0.6 is 8.38 Å². The summed E-state index contributed by atoms with van der Waals surface area (Å²) in [6.07, 6.45) is 3.04. The lowest BCUT2D eigenvalue weighted by Gasteiger charge is -2.27. The van der Waals surface area contributed by atoms with Gasteiger partial charge in [0.1, 0.15) is 0 Å². The van der Waals surface area contributed by atoms with Crippen molar-refractivity contribution in [3.63, 3.8) is 0 Å². The van der Waals surface area contributed by atoms with E-state index in [4.69, 9.17) is 9.79 Å². The maximum Gasteiger partial charge on any atom is 0.170 e. The van der Waals surface area contributed by atoms with Crippen molar-refractivity contribution in [2.45, 2.75) is 37.4 Å². The Hall–Kier alpha value is 0.310. The van der Waals surface area contributed by atoms with Gasteiger partial charge in [0.05, 0.1) is 11.8 Å². The number of aliphatic hydroxyl groups excluding tert-OH is 1. The summed E-state index contributed by atoms with van der Waals surface area (Å²) < 4.78 is 0. The lowest BCUT2D eigenvalue weighted by atomic mass is 9.97. The minimum absolute atomic E-state index is 0.247. The fraction of sp³-hybridized carbons (Fsp3) is 1.00. The van der Waals surface area contributed by atoms with Crippen LogP contribution in [0.3, 0.4) is 0 Å². The van der Waals surface area contributed by atoms with Gasteiger partial charge in [0.25, 0.3) is 0 Å². The van der Waals surface area contributed by atoms with Crippen molar-refractivity contribution in [2.75, 3.05) is 0 Å². The van der Waals surface area contributed by atoms with E-state index in [0.717, 1.165) is 25.7 Å². The zero-order valence-corrected chi connectivity index (χ0v) is 6.67. The Morgan fingerprint density at radius 3 is 2.10 bits per heavy atom. The smallest absolute Gasteiger partial charge is 0.170 e. The van der Waals surface area contributed by atoms with Crippen molar-refractivity contribution in [2.24, 2.45) is 0 Å². The molecule has 0 aromatic rings. The van der Waals surface area contributed by atoms with Crippen molar-refractivity contribution in [3.05, 3.63) is 0 Å². The molecule has 3 N–H and O–H groups in total. The highest BCUT2D eigenvalue weighted by Gasteiger charge is 2.28. The molecule has 1 fully saturated rings. The highest BCUT2D eigenvalue weighted by Crippen LogP contribution is 2.40. The van der Waals surface area contributed by atoms with E-state index in [1.165, 1.54) is 0 Å². The zero-order valence-electron chi connectivity index (χ0n) is 5.77. The lowest BCUT2D eigenvalue weighted by Crippen LogP contribution is -2.27. The highest BCUT2D eigenvalue weighted by atomic mass is 31.2. The molecule has 2 unspecified atom stereocenters. The van der Waals surface area contributed by atoms with Gasteiger partial charge in [0.15, 0.2) is 8.38 Å². The summed E-state index contributed by atoms with van der Waals surface area (Å²) in [6, 6.07) is 0. The first kappa shape index (κ1) is 8.41. The molecule has 2 atom stereocenters. The van der Waals surface area contributed by atoms with Gasteiger partial charge >= 0.3 is 0 Å². The predicted molar refractivity (Wildman–Crippen MR) is 39.6 cm³/mol. The maximum atomic E-state index is 9.24. The molecule has 0 radical (unpaired) electrons. The molecule has 1 aliphatic carbocycles. The van der Waals surface area contributed by atoms with Gasteiger partial charge in [-0.25, -0.2) is 0 Å². The fourth-order valence-corrected chi connectivity index (χ4v) is 2.23. The van der Waals surface area contributed by atoms with Gasteiger partial charge < -0.3 is 14.9 Å². The first-order valence-electron chi connectivity index (χ1n) is 3.57. The molecular weight excluding hydrogens is 151 g/mol. The van der Waals surface area contributed by atoms with Crippen molar-refractivity contribution in [3.8, 4) is 0 Å². The van der Waals surface area contributed by atoms with Crippen LogP contribution < -0.4 is 0 Å². The van der Waals surface area contributed by atoms with E-state index in [-0.39, 0.29) is 5.66 Å². The Morgan fingerprint density at radius 2 is 1.70 bits per heavy atom. The van der Waals surface area contributed by atoms with Crippen LogP contribution in [-0.2, 0) is 0 Å². The van der Waals surface area contributed by atoms with Gasteiger partial charge in [-0.1, -0.05) is 12.8 Å². The van der Waals surface area contributed by atoms with Crippen LogP contribution in [-0.4, -0.2) is 26.7 Å². The molecule has 0 bridgehead atoms. The Kier molecular flexibility index (Phi) is 3.05. The van der Waals surface area contributed by atoms with Crippen LogP contribution in [0.15, 0.2) is 0 Å². The normalized spacial score (nSPS) is 34.8. The van der Waals surface area contributed by atoms with Crippen LogP contribution in [0.4, 0.5) is 0 Å². The van der Waals surface area contributed by atoms with Gasteiger partial charge in [-0.05, 0) is 12.8 Å². The number of hydrogen-bond donors (Lipinski definition) is 3. The van der Waals surface area contributed by atoms with E-state index in [1.807, 2.05) is 0 Å². The summed E-state index contributed by atoms with van der Waals surface area (Å²) in [6.45, 7) is 0. The van der Waals surface area contributed by atoms with Crippen molar-refractivity contribution in [1.29, 1.82) is 0 Å². The second-order valence-electron chi connectivity index (χ2n) is 2.74. The van der Waals surface area contributed by atoms with E-state index in [9.17, 15) is 5.11 Å². The van der Waals surface area contributed by atoms with Crippen molar-refractivity contribution in [1.82, 2.24) is 0 Å². The molecule has 1 rings (SSSR count). The van der Waals surface area contributed by atoms with Crippen LogP contribution in [0.1, 0.15) is 25.7 Å². The Morgan fingerprint density at radius 1 is 1.10 bits per heavy atom. The lowest BCUT2D eigenvalue weighted by molar-refractivity contribution is 0.128. The Bertz CT molecular complexity index is 107. The molecule has 0 saturated heterocycles. The predicted octanol–water partition coefficient (Wildman–Crippen LogP) is 0.586. The van der Waals surface area contributed by atoms with Crippen molar-refractivity contribution >= 4 is 8.38 Å².